The van der Waals surface area contributed by atoms with E-state index in [9.17, 15) is 0 Å². The molecule has 2 rings (SSSR count). The van der Waals surface area contributed by atoms with E-state index in [0.717, 1.165) is 16.3 Å². The first-order valence-corrected chi connectivity index (χ1v) is 4.74. The van der Waals surface area contributed by atoms with Crippen molar-refractivity contribution in [2.45, 2.75) is 5.16 Å². The highest BCUT2D eigenvalue weighted by Crippen LogP contribution is 2.09. The van der Waals surface area contributed by atoms with Crippen molar-refractivity contribution in [2.24, 2.45) is 0 Å². The summed E-state index contributed by atoms with van der Waals surface area (Å²) in [4.78, 5) is 4.24. The van der Waals surface area contributed by atoms with Gasteiger partial charge in [0.2, 0.25) is 0 Å². The molecule has 12 heavy (non-hydrogen) atoms. The van der Waals surface area contributed by atoms with Gasteiger partial charge in [0.1, 0.15) is 14.2 Å². The highest BCUT2D eigenvalue weighted by Gasteiger charge is 2.03. The minimum absolute atomic E-state index is 0.884. The molecule has 0 fully saturated rings. The van der Waals surface area contributed by atoms with Crippen molar-refractivity contribution in [3.8, 4) is 0 Å². The molecule has 0 bridgehead atoms. The molecule has 2 aromatic rings. The molecule has 6 heteroatoms. The third-order valence-corrected chi connectivity index (χ3v) is 2.33. The molecule has 0 amide bonds. The van der Waals surface area contributed by atoms with Crippen molar-refractivity contribution < 1.29 is 0 Å². The molecular formula is C6H7BN4S. The molecule has 2 aromatic heterocycles. The van der Waals surface area contributed by atoms with E-state index in [1.165, 1.54) is 0 Å². The highest BCUT2D eigenvalue weighted by atomic mass is 32.2. The Morgan fingerprint density at radius 3 is 3.17 bits per heavy atom. The summed E-state index contributed by atoms with van der Waals surface area (Å²) in [5, 5.41) is 8.73. The van der Waals surface area contributed by atoms with Crippen LogP contribution in [0.3, 0.4) is 0 Å². The second-order valence-electron chi connectivity index (χ2n) is 2.45. The second-order valence-corrected chi connectivity index (χ2v) is 3.23. The summed E-state index contributed by atoms with van der Waals surface area (Å²) in [6, 6.07) is 0. The molecule has 0 atom stereocenters. The minimum Gasteiger partial charge on any atom is -0.260 e. The van der Waals surface area contributed by atoms with Crippen LogP contribution in [-0.2, 0) is 0 Å². The first-order chi connectivity index (χ1) is 5.83. The first kappa shape index (κ1) is 7.61. The van der Waals surface area contributed by atoms with Crippen molar-refractivity contribution in [1.29, 1.82) is 0 Å². The topological polar surface area (TPSA) is 43.1 Å². The fourth-order valence-electron chi connectivity index (χ4n) is 1.07. The Balaban J connectivity index is 2.82. The number of rotatable bonds is 1. The van der Waals surface area contributed by atoms with Gasteiger partial charge in [-0.15, -0.1) is 10.2 Å². The molecule has 0 saturated carbocycles. The van der Waals surface area contributed by atoms with Crippen molar-refractivity contribution in [3.05, 3.63) is 12.5 Å². The maximum atomic E-state index is 4.24. The zero-order chi connectivity index (χ0) is 8.55. The second kappa shape index (κ2) is 2.78. The fourth-order valence-corrected chi connectivity index (χ4v) is 1.56. The van der Waals surface area contributed by atoms with E-state index in [4.69, 9.17) is 0 Å². The van der Waals surface area contributed by atoms with Gasteiger partial charge in [0.25, 0.3) is 0 Å². The maximum absolute atomic E-state index is 4.24. The zero-order valence-corrected chi connectivity index (χ0v) is 7.67. The summed E-state index contributed by atoms with van der Waals surface area (Å²) in [5.41, 5.74) is 1.93. The molecule has 2 heterocycles. The van der Waals surface area contributed by atoms with Gasteiger partial charge in [0.15, 0.2) is 10.8 Å². The van der Waals surface area contributed by atoms with Gasteiger partial charge in [-0.25, -0.2) is 4.98 Å². The van der Waals surface area contributed by atoms with E-state index in [2.05, 4.69) is 15.2 Å². The standard InChI is InChI=1S/C6H7BN4S/c1-12-6-8-2-4(7)5-10-9-3-11(5)6/h2-3H,7H2,1H3. The van der Waals surface area contributed by atoms with Crippen LogP contribution < -0.4 is 5.46 Å². The number of thioether (sulfide) groups is 1. The van der Waals surface area contributed by atoms with Gasteiger partial charge in [-0.1, -0.05) is 11.8 Å². The van der Waals surface area contributed by atoms with Gasteiger partial charge in [-0.2, -0.15) is 0 Å². The van der Waals surface area contributed by atoms with Crippen LogP contribution in [0.15, 0.2) is 17.7 Å². The lowest BCUT2D eigenvalue weighted by Crippen LogP contribution is -2.10. The number of hydrogen-bond donors (Lipinski definition) is 0. The quantitative estimate of drug-likeness (QED) is 0.322. The highest BCUT2D eigenvalue weighted by molar-refractivity contribution is 7.98. The van der Waals surface area contributed by atoms with Crippen molar-refractivity contribution in [3.63, 3.8) is 0 Å². The molecule has 0 aliphatic heterocycles. The maximum Gasteiger partial charge on any atom is 0.174 e. The summed E-state index contributed by atoms with van der Waals surface area (Å²) in [6.45, 7) is 0. The predicted molar refractivity (Wildman–Crippen MR) is 50.7 cm³/mol. The fraction of sp³-hybridized carbons (Fsp3) is 0.167. The van der Waals surface area contributed by atoms with Crippen LogP contribution in [-0.4, -0.2) is 33.7 Å². The lowest BCUT2D eigenvalue weighted by Gasteiger charge is -2.00. The van der Waals surface area contributed by atoms with E-state index < -0.39 is 0 Å². The van der Waals surface area contributed by atoms with E-state index in [0.29, 0.717) is 0 Å². The summed E-state index contributed by atoms with van der Waals surface area (Å²) in [7, 11) is 1.97. The predicted octanol–water partition coefficient (Wildman–Crippen LogP) is -0.895. The molecule has 0 saturated heterocycles. The number of fused-ring (bicyclic) bond motifs is 1. The zero-order valence-electron chi connectivity index (χ0n) is 6.85. The normalized spacial score (nSPS) is 10.8. The van der Waals surface area contributed by atoms with Gasteiger partial charge in [0.05, 0.1) is 0 Å². The van der Waals surface area contributed by atoms with E-state index >= 15 is 0 Å². The SMILES string of the molecule is Bc1cnc(SC)n2cnnc12. The average molecular weight is 178 g/mol. The molecular weight excluding hydrogens is 171 g/mol. The van der Waals surface area contributed by atoms with Crippen LogP contribution in [0, 0.1) is 0 Å². The van der Waals surface area contributed by atoms with Crippen LogP contribution in [0.5, 0.6) is 0 Å². The Kier molecular flexibility index (Phi) is 1.76. The van der Waals surface area contributed by atoms with E-state index in [1.807, 2.05) is 24.7 Å². The van der Waals surface area contributed by atoms with Crippen LogP contribution >= 0.6 is 11.8 Å². The first-order valence-electron chi connectivity index (χ1n) is 3.52. The molecule has 4 nitrogen and oxygen atoms in total. The summed E-state index contributed by atoms with van der Waals surface area (Å²) < 4.78 is 1.89. The molecule has 60 valence electrons. The summed E-state index contributed by atoms with van der Waals surface area (Å²) in [5.74, 6) is 0. The Labute approximate surface area is 74.8 Å². The Bertz CT molecular complexity index is 413. The molecule has 0 N–H and O–H groups in total. The number of hydrogen-bond acceptors (Lipinski definition) is 4. The molecule has 0 spiro atoms. The Morgan fingerprint density at radius 1 is 1.58 bits per heavy atom. The van der Waals surface area contributed by atoms with Gasteiger partial charge in [-0.3, -0.25) is 4.40 Å². The van der Waals surface area contributed by atoms with Crippen molar-refractivity contribution in [1.82, 2.24) is 19.6 Å². The Morgan fingerprint density at radius 2 is 2.42 bits per heavy atom. The van der Waals surface area contributed by atoms with Crippen LogP contribution in [0.2, 0.25) is 0 Å². The lowest BCUT2D eigenvalue weighted by atomic mass is 10.0. The van der Waals surface area contributed by atoms with Crippen LogP contribution in [0.25, 0.3) is 5.65 Å². The van der Waals surface area contributed by atoms with E-state index in [-0.39, 0.29) is 0 Å². The summed E-state index contributed by atoms with van der Waals surface area (Å²) in [6.07, 6.45) is 5.48. The number of aromatic nitrogens is 4. The average Bonchev–Trinajstić information content (AvgIpc) is 2.54. The smallest absolute Gasteiger partial charge is 0.174 e. The van der Waals surface area contributed by atoms with Crippen LogP contribution in [0.1, 0.15) is 0 Å². The molecule has 0 aromatic carbocycles. The molecule has 0 aliphatic rings. The molecule has 0 unspecified atom stereocenters. The van der Waals surface area contributed by atoms with Crippen LogP contribution in [0.4, 0.5) is 0 Å². The third kappa shape index (κ3) is 0.990. The van der Waals surface area contributed by atoms with Gasteiger partial charge in [0, 0.05) is 6.20 Å². The van der Waals surface area contributed by atoms with Crippen molar-refractivity contribution in [2.75, 3.05) is 6.26 Å². The summed E-state index contributed by atoms with van der Waals surface area (Å²) >= 11 is 1.58. The molecule has 0 aliphatic carbocycles. The Hall–Kier alpha value is -1.04. The molecule has 0 radical (unpaired) electrons. The largest absolute Gasteiger partial charge is 0.260 e. The minimum atomic E-state index is 0.884. The number of nitrogens with zero attached hydrogens (tertiary/aromatic N) is 4. The van der Waals surface area contributed by atoms with Gasteiger partial charge < -0.3 is 0 Å². The lowest BCUT2D eigenvalue weighted by molar-refractivity contribution is 0.905. The van der Waals surface area contributed by atoms with E-state index in [1.54, 1.807) is 18.1 Å². The third-order valence-electron chi connectivity index (χ3n) is 1.66. The van der Waals surface area contributed by atoms with Gasteiger partial charge >= 0.3 is 0 Å². The monoisotopic (exact) mass is 178 g/mol. The van der Waals surface area contributed by atoms with Crippen molar-refractivity contribution >= 4 is 30.7 Å². The van der Waals surface area contributed by atoms with Gasteiger partial charge in [-0.05, 0) is 11.7 Å².